The Labute approximate surface area is 110 Å². The van der Waals surface area contributed by atoms with E-state index in [2.05, 4.69) is 15.5 Å². The summed E-state index contributed by atoms with van der Waals surface area (Å²) in [6.07, 6.45) is 4.83. The van der Waals surface area contributed by atoms with Crippen molar-refractivity contribution >= 4 is 11.4 Å². The Morgan fingerprint density at radius 3 is 2.89 bits per heavy atom. The molecule has 0 unspecified atom stereocenters. The average molecular weight is 258 g/mol. The molecule has 1 aliphatic carbocycles. The first kappa shape index (κ1) is 11.7. The molecule has 1 aliphatic rings. The number of fused-ring (bicyclic) bond motifs is 1. The number of nitro benzene ring substituents is 1. The molecule has 1 atom stereocenters. The highest BCUT2D eigenvalue weighted by molar-refractivity contribution is 5.49. The third-order valence-electron chi connectivity index (χ3n) is 3.47. The van der Waals surface area contributed by atoms with Crippen molar-refractivity contribution in [3.05, 3.63) is 51.8 Å². The van der Waals surface area contributed by atoms with Gasteiger partial charge in [0.15, 0.2) is 0 Å². The molecule has 1 aromatic carbocycles. The Morgan fingerprint density at radius 1 is 1.37 bits per heavy atom. The summed E-state index contributed by atoms with van der Waals surface area (Å²) in [7, 11) is 0. The van der Waals surface area contributed by atoms with E-state index in [1.807, 2.05) is 6.20 Å². The fourth-order valence-electron chi connectivity index (χ4n) is 2.45. The Hall–Kier alpha value is -2.37. The monoisotopic (exact) mass is 258 g/mol. The highest BCUT2D eigenvalue weighted by Gasteiger charge is 2.19. The van der Waals surface area contributed by atoms with Gasteiger partial charge in [-0.2, -0.15) is 5.10 Å². The van der Waals surface area contributed by atoms with Crippen LogP contribution in [0.1, 0.15) is 17.7 Å². The standard InChI is InChI=1S/C13H14N4O2/c18-17(19)12-4-1-10(2-5-12)15-11-3-6-13-9(7-11)8-14-16-13/h1-2,4-5,8,11,15H,3,6-7H2,(H,14,16)/t11-/m0/s1. The van der Waals surface area contributed by atoms with Crippen LogP contribution in [0.25, 0.3) is 0 Å². The van der Waals surface area contributed by atoms with Gasteiger partial charge in [0.1, 0.15) is 0 Å². The second kappa shape index (κ2) is 4.72. The quantitative estimate of drug-likeness (QED) is 0.653. The number of nitro groups is 1. The predicted molar refractivity (Wildman–Crippen MR) is 71.1 cm³/mol. The zero-order valence-corrected chi connectivity index (χ0v) is 10.3. The SMILES string of the molecule is O=[N+]([O-])c1ccc(N[C@H]2CCc3[nH]ncc3C2)cc1. The third kappa shape index (κ3) is 2.42. The van der Waals surface area contributed by atoms with Gasteiger partial charge in [0.25, 0.3) is 5.69 Å². The van der Waals surface area contributed by atoms with Crippen molar-refractivity contribution in [2.75, 3.05) is 5.32 Å². The van der Waals surface area contributed by atoms with Crippen molar-refractivity contribution in [1.29, 1.82) is 0 Å². The van der Waals surface area contributed by atoms with E-state index < -0.39 is 0 Å². The maximum atomic E-state index is 10.6. The molecule has 3 rings (SSSR count). The summed E-state index contributed by atoms with van der Waals surface area (Å²) < 4.78 is 0. The van der Waals surface area contributed by atoms with Gasteiger partial charge in [-0.25, -0.2) is 0 Å². The Kier molecular flexibility index (Phi) is 2.91. The first-order valence-electron chi connectivity index (χ1n) is 6.24. The number of hydrogen-bond acceptors (Lipinski definition) is 4. The molecule has 6 nitrogen and oxygen atoms in total. The van der Waals surface area contributed by atoms with Crippen LogP contribution >= 0.6 is 0 Å². The van der Waals surface area contributed by atoms with E-state index >= 15 is 0 Å². The van der Waals surface area contributed by atoms with Crippen molar-refractivity contribution in [3.8, 4) is 0 Å². The summed E-state index contributed by atoms with van der Waals surface area (Å²) in [5.74, 6) is 0. The van der Waals surface area contributed by atoms with Crippen LogP contribution in [0.3, 0.4) is 0 Å². The number of aromatic amines is 1. The normalized spacial score (nSPS) is 17.8. The molecule has 0 radical (unpaired) electrons. The second-order valence-electron chi connectivity index (χ2n) is 4.76. The van der Waals surface area contributed by atoms with E-state index in [1.54, 1.807) is 12.1 Å². The van der Waals surface area contributed by atoms with E-state index in [4.69, 9.17) is 0 Å². The van der Waals surface area contributed by atoms with Crippen molar-refractivity contribution in [1.82, 2.24) is 10.2 Å². The number of rotatable bonds is 3. The fourth-order valence-corrected chi connectivity index (χ4v) is 2.45. The molecule has 2 N–H and O–H groups in total. The number of hydrogen-bond donors (Lipinski definition) is 2. The number of anilines is 1. The molecule has 0 saturated heterocycles. The van der Waals surface area contributed by atoms with Gasteiger partial charge in [-0.15, -0.1) is 0 Å². The lowest BCUT2D eigenvalue weighted by molar-refractivity contribution is -0.384. The Balaban J connectivity index is 1.68. The topological polar surface area (TPSA) is 83.9 Å². The Bertz CT molecular complexity index is 591. The minimum atomic E-state index is -0.387. The summed E-state index contributed by atoms with van der Waals surface area (Å²) in [5, 5.41) is 21.1. The molecule has 0 bridgehead atoms. The molecule has 98 valence electrons. The number of nitrogens with one attached hydrogen (secondary N) is 2. The first-order chi connectivity index (χ1) is 9.22. The lowest BCUT2D eigenvalue weighted by Crippen LogP contribution is -2.26. The van der Waals surface area contributed by atoms with Crippen LogP contribution in [-0.4, -0.2) is 21.2 Å². The molecule has 0 fully saturated rings. The van der Waals surface area contributed by atoms with Crippen LogP contribution < -0.4 is 5.32 Å². The maximum Gasteiger partial charge on any atom is 0.269 e. The minimum Gasteiger partial charge on any atom is -0.382 e. The van der Waals surface area contributed by atoms with Gasteiger partial charge in [0.05, 0.1) is 11.1 Å². The number of non-ortho nitro benzene ring substituents is 1. The highest BCUT2D eigenvalue weighted by Crippen LogP contribution is 2.23. The molecular formula is C13H14N4O2. The molecule has 1 aromatic heterocycles. The maximum absolute atomic E-state index is 10.6. The number of H-pyrrole nitrogens is 1. The summed E-state index contributed by atoms with van der Waals surface area (Å²) >= 11 is 0. The van der Waals surface area contributed by atoms with Crippen LogP contribution in [0.2, 0.25) is 0 Å². The molecule has 6 heteroatoms. The number of nitrogens with zero attached hydrogens (tertiary/aromatic N) is 2. The summed E-state index contributed by atoms with van der Waals surface area (Å²) in [4.78, 5) is 10.2. The Morgan fingerprint density at radius 2 is 2.16 bits per heavy atom. The van der Waals surface area contributed by atoms with Gasteiger partial charge in [-0.3, -0.25) is 15.2 Å². The van der Waals surface area contributed by atoms with Gasteiger partial charge in [0, 0.05) is 29.6 Å². The third-order valence-corrected chi connectivity index (χ3v) is 3.47. The van der Waals surface area contributed by atoms with E-state index in [0.29, 0.717) is 6.04 Å². The van der Waals surface area contributed by atoms with E-state index in [-0.39, 0.29) is 10.6 Å². The van der Waals surface area contributed by atoms with Gasteiger partial charge < -0.3 is 5.32 Å². The van der Waals surface area contributed by atoms with Crippen LogP contribution in [0.4, 0.5) is 11.4 Å². The summed E-state index contributed by atoms with van der Waals surface area (Å²) in [6, 6.07) is 6.90. The first-order valence-corrected chi connectivity index (χ1v) is 6.24. The van der Waals surface area contributed by atoms with Crippen molar-refractivity contribution < 1.29 is 4.92 Å². The van der Waals surface area contributed by atoms with E-state index in [9.17, 15) is 10.1 Å². The van der Waals surface area contributed by atoms with E-state index in [0.717, 1.165) is 24.9 Å². The molecule has 0 saturated carbocycles. The smallest absolute Gasteiger partial charge is 0.269 e. The van der Waals surface area contributed by atoms with Crippen molar-refractivity contribution in [2.45, 2.75) is 25.3 Å². The van der Waals surface area contributed by atoms with Gasteiger partial charge in [-0.05, 0) is 37.0 Å². The number of aromatic nitrogens is 2. The summed E-state index contributed by atoms with van der Waals surface area (Å²) in [5.41, 5.74) is 3.52. The van der Waals surface area contributed by atoms with Crippen LogP contribution in [0.15, 0.2) is 30.5 Å². The average Bonchev–Trinajstić information content (AvgIpc) is 2.87. The molecule has 0 amide bonds. The fraction of sp³-hybridized carbons (Fsp3) is 0.308. The van der Waals surface area contributed by atoms with Crippen LogP contribution in [0.5, 0.6) is 0 Å². The molecule has 19 heavy (non-hydrogen) atoms. The van der Waals surface area contributed by atoms with Crippen LogP contribution in [0, 0.1) is 10.1 Å². The van der Waals surface area contributed by atoms with Crippen molar-refractivity contribution in [2.24, 2.45) is 0 Å². The van der Waals surface area contributed by atoms with Crippen molar-refractivity contribution in [3.63, 3.8) is 0 Å². The molecular weight excluding hydrogens is 244 g/mol. The predicted octanol–water partition coefficient (Wildman–Crippen LogP) is 2.29. The molecule has 2 aromatic rings. The van der Waals surface area contributed by atoms with E-state index in [1.165, 1.54) is 23.4 Å². The minimum absolute atomic E-state index is 0.117. The lowest BCUT2D eigenvalue weighted by Gasteiger charge is -2.23. The van der Waals surface area contributed by atoms with Gasteiger partial charge in [-0.1, -0.05) is 0 Å². The number of aryl methyl sites for hydroxylation is 1. The van der Waals surface area contributed by atoms with Gasteiger partial charge >= 0.3 is 0 Å². The second-order valence-corrected chi connectivity index (χ2v) is 4.76. The van der Waals surface area contributed by atoms with Crippen LogP contribution in [-0.2, 0) is 12.8 Å². The number of benzene rings is 1. The van der Waals surface area contributed by atoms with Gasteiger partial charge in [0.2, 0.25) is 0 Å². The summed E-state index contributed by atoms with van der Waals surface area (Å²) in [6.45, 7) is 0. The molecule has 1 heterocycles. The molecule has 0 aliphatic heterocycles. The zero-order chi connectivity index (χ0) is 13.2. The lowest BCUT2D eigenvalue weighted by atomic mass is 9.93. The molecule has 0 spiro atoms. The largest absolute Gasteiger partial charge is 0.382 e. The highest BCUT2D eigenvalue weighted by atomic mass is 16.6. The zero-order valence-electron chi connectivity index (χ0n) is 10.3.